The molecule has 1 nitrogen and oxygen atoms in total. The molecule has 2 unspecified atom stereocenters. The monoisotopic (exact) mass is 185 g/mol. The fourth-order valence-corrected chi connectivity index (χ4v) is 3.75. The summed E-state index contributed by atoms with van der Waals surface area (Å²) in [4.78, 5) is 2.65. The van der Waals surface area contributed by atoms with Crippen molar-refractivity contribution < 1.29 is 0 Å². The second-order valence-electron chi connectivity index (χ2n) is 5.03. The van der Waals surface area contributed by atoms with Gasteiger partial charge in [-0.3, -0.25) is 4.90 Å². The zero-order valence-corrected chi connectivity index (χ0v) is 9.16. The summed E-state index contributed by atoms with van der Waals surface area (Å²) in [6.45, 7) is 9.68. The lowest BCUT2D eigenvalue weighted by Gasteiger charge is -2.32. The molecular formula is C10H19NS. The van der Waals surface area contributed by atoms with Crippen LogP contribution >= 0.6 is 11.8 Å². The first-order chi connectivity index (χ1) is 5.57. The minimum atomic E-state index is 0.394. The van der Waals surface area contributed by atoms with Gasteiger partial charge in [0.15, 0.2) is 0 Å². The SMILES string of the molecule is CC(C)(C)N1CC2CCSC2C1. The summed E-state index contributed by atoms with van der Waals surface area (Å²) in [5.74, 6) is 2.42. The zero-order chi connectivity index (χ0) is 8.77. The summed E-state index contributed by atoms with van der Waals surface area (Å²) in [6, 6.07) is 0. The first-order valence-electron chi connectivity index (χ1n) is 4.94. The fraction of sp³-hybridized carbons (Fsp3) is 1.00. The quantitative estimate of drug-likeness (QED) is 0.569. The van der Waals surface area contributed by atoms with Crippen LogP contribution in [0.1, 0.15) is 27.2 Å². The van der Waals surface area contributed by atoms with Crippen LogP contribution in [0.5, 0.6) is 0 Å². The number of likely N-dealkylation sites (tertiary alicyclic amines) is 1. The third-order valence-corrected chi connectivity index (χ3v) is 4.58. The van der Waals surface area contributed by atoms with Crippen LogP contribution < -0.4 is 0 Å². The molecule has 0 N–H and O–H groups in total. The van der Waals surface area contributed by atoms with Crippen molar-refractivity contribution >= 4 is 11.8 Å². The lowest BCUT2D eigenvalue weighted by Crippen LogP contribution is -2.40. The Morgan fingerprint density at radius 2 is 2.00 bits per heavy atom. The van der Waals surface area contributed by atoms with Crippen molar-refractivity contribution in [2.24, 2.45) is 5.92 Å². The highest BCUT2D eigenvalue weighted by Gasteiger charge is 2.40. The highest BCUT2D eigenvalue weighted by molar-refractivity contribution is 8.00. The smallest absolute Gasteiger partial charge is 0.0215 e. The van der Waals surface area contributed by atoms with E-state index in [0.29, 0.717) is 5.54 Å². The molecule has 2 fully saturated rings. The standard InChI is InChI=1S/C10H19NS/c1-10(2,3)11-6-8-4-5-12-9(8)7-11/h8-9H,4-7H2,1-3H3. The number of thioether (sulfide) groups is 1. The summed E-state index contributed by atoms with van der Waals surface area (Å²) in [6.07, 6.45) is 1.46. The van der Waals surface area contributed by atoms with Crippen molar-refractivity contribution in [3.05, 3.63) is 0 Å². The predicted molar refractivity (Wildman–Crippen MR) is 55.7 cm³/mol. The van der Waals surface area contributed by atoms with Gasteiger partial charge in [-0.1, -0.05) is 0 Å². The van der Waals surface area contributed by atoms with Gasteiger partial charge in [0.25, 0.3) is 0 Å². The van der Waals surface area contributed by atoms with Gasteiger partial charge in [0.1, 0.15) is 0 Å². The molecule has 2 heteroatoms. The number of nitrogens with zero attached hydrogens (tertiary/aromatic N) is 1. The van der Waals surface area contributed by atoms with Crippen molar-refractivity contribution in [2.45, 2.75) is 38.0 Å². The van der Waals surface area contributed by atoms with Gasteiger partial charge in [-0.05, 0) is 38.9 Å². The van der Waals surface area contributed by atoms with Crippen LogP contribution in [-0.2, 0) is 0 Å². The number of rotatable bonds is 0. The molecule has 12 heavy (non-hydrogen) atoms. The van der Waals surface area contributed by atoms with E-state index in [1.807, 2.05) is 0 Å². The molecular weight excluding hydrogens is 166 g/mol. The van der Waals surface area contributed by atoms with Crippen molar-refractivity contribution in [3.8, 4) is 0 Å². The second-order valence-corrected chi connectivity index (χ2v) is 6.38. The fourth-order valence-electron chi connectivity index (χ4n) is 2.23. The van der Waals surface area contributed by atoms with Crippen molar-refractivity contribution in [1.82, 2.24) is 4.90 Å². The Hall–Kier alpha value is 0.310. The summed E-state index contributed by atoms with van der Waals surface area (Å²) >= 11 is 2.19. The van der Waals surface area contributed by atoms with Crippen molar-refractivity contribution in [3.63, 3.8) is 0 Å². The lowest BCUT2D eigenvalue weighted by molar-refractivity contribution is 0.168. The van der Waals surface area contributed by atoms with Gasteiger partial charge in [0.05, 0.1) is 0 Å². The molecule has 2 saturated heterocycles. The Balaban J connectivity index is 1.99. The van der Waals surface area contributed by atoms with Crippen LogP contribution in [-0.4, -0.2) is 34.5 Å². The van der Waals surface area contributed by atoms with E-state index in [-0.39, 0.29) is 0 Å². The second kappa shape index (κ2) is 2.91. The maximum absolute atomic E-state index is 2.65. The molecule has 0 aromatic carbocycles. The maximum atomic E-state index is 2.65. The van der Waals surface area contributed by atoms with Crippen molar-refractivity contribution in [1.29, 1.82) is 0 Å². The normalized spacial score (nSPS) is 37.2. The summed E-state index contributed by atoms with van der Waals surface area (Å²) in [5, 5.41) is 0.962. The summed E-state index contributed by atoms with van der Waals surface area (Å²) in [5.41, 5.74) is 0.394. The van der Waals surface area contributed by atoms with Gasteiger partial charge in [-0.15, -0.1) is 0 Å². The molecule has 2 rings (SSSR count). The molecule has 2 aliphatic rings. The zero-order valence-electron chi connectivity index (χ0n) is 8.34. The molecule has 2 aliphatic heterocycles. The van der Waals surface area contributed by atoms with Crippen LogP contribution in [0.4, 0.5) is 0 Å². The molecule has 0 saturated carbocycles. The van der Waals surface area contributed by atoms with Gasteiger partial charge in [-0.2, -0.15) is 11.8 Å². The van der Waals surface area contributed by atoms with Gasteiger partial charge < -0.3 is 0 Å². The summed E-state index contributed by atoms with van der Waals surface area (Å²) < 4.78 is 0. The third kappa shape index (κ3) is 1.51. The van der Waals surface area contributed by atoms with E-state index in [1.165, 1.54) is 25.3 Å². The number of hydrogen-bond donors (Lipinski definition) is 0. The average molecular weight is 185 g/mol. The summed E-state index contributed by atoms with van der Waals surface area (Å²) in [7, 11) is 0. The molecule has 2 atom stereocenters. The Morgan fingerprint density at radius 3 is 2.58 bits per heavy atom. The van der Waals surface area contributed by atoms with Gasteiger partial charge in [0.2, 0.25) is 0 Å². The van der Waals surface area contributed by atoms with E-state index in [9.17, 15) is 0 Å². The van der Waals surface area contributed by atoms with Crippen LogP contribution in [0, 0.1) is 5.92 Å². The van der Waals surface area contributed by atoms with E-state index in [1.54, 1.807) is 0 Å². The van der Waals surface area contributed by atoms with Gasteiger partial charge >= 0.3 is 0 Å². The molecule has 0 aliphatic carbocycles. The van der Waals surface area contributed by atoms with E-state index >= 15 is 0 Å². The topological polar surface area (TPSA) is 3.24 Å². The van der Waals surface area contributed by atoms with E-state index in [0.717, 1.165) is 11.2 Å². The van der Waals surface area contributed by atoms with Crippen LogP contribution in [0.15, 0.2) is 0 Å². The molecule has 0 bridgehead atoms. The highest BCUT2D eigenvalue weighted by atomic mass is 32.2. The minimum absolute atomic E-state index is 0.394. The van der Waals surface area contributed by atoms with E-state index in [2.05, 4.69) is 37.4 Å². The number of hydrogen-bond acceptors (Lipinski definition) is 2. The molecule has 0 radical (unpaired) electrons. The lowest BCUT2D eigenvalue weighted by atomic mass is 10.1. The van der Waals surface area contributed by atoms with Gasteiger partial charge in [-0.25, -0.2) is 0 Å². The molecule has 2 heterocycles. The van der Waals surface area contributed by atoms with E-state index in [4.69, 9.17) is 0 Å². The third-order valence-electron chi connectivity index (χ3n) is 3.15. The Kier molecular flexibility index (Phi) is 2.16. The highest BCUT2D eigenvalue weighted by Crippen LogP contribution is 2.39. The van der Waals surface area contributed by atoms with Crippen LogP contribution in [0.2, 0.25) is 0 Å². The Labute approximate surface area is 79.9 Å². The number of fused-ring (bicyclic) bond motifs is 1. The Bertz CT molecular complexity index is 161. The Morgan fingerprint density at radius 1 is 1.25 bits per heavy atom. The first-order valence-corrected chi connectivity index (χ1v) is 5.99. The molecule has 0 aromatic rings. The maximum Gasteiger partial charge on any atom is 0.0215 e. The largest absolute Gasteiger partial charge is 0.297 e. The molecule has 0 amide bonds. The first kappa shape index (κ1) is 8.89. The van der Waals surface area contributed by atoms with Crippen molar-refractivity contribution in [2.75, 3.05) is 18.8 Å². The van der Waals surface area contributed by atoms with Crippen LogP contribution in [0.25, 0.3) is 0 Å². The van der Waals surface area contributed by atoms with Gasteiger partial charge in [0, 0.05) is 23.9 Å². The minimum Gasteiger partial charge on any atom is -0.297 e. The average Bonchev–Trinajstić information content (AvgIpc) is 2.37. The molecule has 70 valence electrons. The van der Waals surface area contributed by atoms with E-state index < -0.39 is 0 Å². The van der Waals surface area contributed by atoms with Crippen LogP contribution in [0.3, 0.4) is 0 Å². The predicted octanol–water partition coefficient (Wildman–Crippen LogP) is 2.22. The molecule has 0 aromatic heterocycles. The molecule has 0 spiro atoms.